The molecule has 1 fully saturated rings. The molecule has 0 aromatic heterocycles. The normalized spacial score (nSPS) is 32.0. The molecule has 1 aromatic carbocycles. The van der Waals surface area contributed by atoms with Crippen molar-refractivity contribution in [1.29, 1.82) is 0 Å². The second-order valence-corrected chi connectivity index (χ2v) is 6.15. The van der Waals surface area contributed by atoms with Crippen molar-refractivity contribution in [1.82, 2.24) is 4.90 Å². The van der Waals surface area contributed by atoms with Crippen LogP contribution in [0.15, 0.2) is 24.3 Å². The Morgan fingerprint density at radius 1 is 1.39 bits per heavy atom. The molecule has 3 unspecified atom stereocenters. The van der Waals surface area contributed by atoms with Crippen molar-refractivity contribution in [3.05, 3.63) is 29.8 Å². The lowest BCUT2D eigenvalue weighted by atomic mass is 9.96. The van der Waals surface area contributed by atoms with Gasteiger partial charge in [-0.15, -0.1) is 11.6 Å². The number of piperidine rings is 1. The largest absolute Gasteiger partial charge is 0.493 e. The first kappa shape index (κ1) is 12.3. The molecule has 2 heterocycles. The summed E-state index contributed by atoms with van der Waals surface area (Å²) in [6.07, 6.45) is 1.11. The quantitative estimate of drug-likeness (QED) is 0.762. The van der Waals surface area contributed by atoms with Gasteiger partial charge in [0.05, 0.1) is 6.61 Å². The van der Waals surface area contributed by atoms with E-state index in [4.69, 9.17) is 16.3 Å². The SMILES string of the molecule is CC1CN(CC2COc3ccccc32)CCC1Cl. The fourth-order valence-electron chi connectivity index (χ4n) is 3.06. The second kappa shape index (κ2) is 5.10. The van der Waals surface area contributed by atoms with Crippen molar-refractivity contribution in [3.63, 3.8) is 0 Å². The van der Waals surface area contributed by atoms with Gasteiger partial charge in [0, 0.05) is 29.9 Å². The van der Waals surface area contributed by atoms with Crippen LogP contribution in [0.1, 0.15) is 24.8 Å². The molecule has 0 N–H and O–H groups in total. The molecule has 0 bridgehead atoms. The van der Waals surface area contributed by atoms with Gasteiger partial charge in [0.25, 0.3) is 0 Å². The highest BCUT2D eigenvalue weighted by Gasteiger charge is 2.29. The zero-order chi connectivity index (χ0) is 12.5. The number of para-hydroxylation sites is 1. The van der Waals surface area contributed by atoms with Gasteiger partial charge in [-0.1, -0.05) is 25.1 Å². The molecule has 3 rings (SSSR count). The summed E-state index contributed by atoms with van der Waals surface area (Å²) in [6, 6.07) is 8.42. The van der Waals surface area contributed by atoms with Crippen LogP contribution in [0, 0.1) is 5.92 Å². The summed E-state index contributed by atoms with van der Waals surface area (Å²) in [6.45, 7) is 6.42. The van der Waals surface area contributed by atoms with E-state index in [0.29, 0.717) is 17.2 Å². The molecule has 2 nitrogen and oxygen atoms in total. The molecule has 1 aromatic rings. The molecule has 98 valence electrons. The number of rotatable bonds is 2. The van der Waals surface area contributed by atoms with Crippen molar-refractivity contribution in [2.75, 3.05) is 26.2 Å². The lowest BCUT2D eigenvalue weighted by Gasteiger charge is -2.35. The Balaban J connectivity index is 1.65. The Morgan fingerprint density at radius 2 is 2.22 bits per heavy atom. The Kier molecular flexibility index (Phi) is 3.49. The van der Waals surface area contributed by atoms with Gasteiger partial charge in [-0.25, -0.2) is 0 Å². The van der Waals surface area contributed by atoms with E-state index in [-0.39, 0.29) is 0 Å². The van der Waals surface area contributed by atoms with Crippen LogP contribution in [0.4, 0.5) is 0 Å². The van der Waals surface area contributed by atoms with Gasteiger partial charge in [-0.3, -0.25) is 0 Å². The van der Waals surface area contributed by atoms with E-state index in [9.17, 15) is 0 Å². The number of fused-ring (bicyclic) bond motifs is 1. The molecule has 2 aliphatic rings. The maximum Gasteiger partial charge on any atom is 0.122 e. The predicted octanol–water partition coefficient (Wildman–Crippen LogP) is 3.11. The first-order chi connectivity index (χ1) is 8.74. The van der Waals surface area contributed by atoms with Crippen LogP contribution in [0.25, 0.3) is 0 Å². The molecule has 18 heavy (non-hydrogen) atoms. The number of likely N-dealkylation sites (tertiary alicyclic amines) is 1. The molecule has 0 amide bonds. The number of halogens is 1. The van der Waals surface area contributed by atoms with Gasteiger partial charge in [0.2, 0.25) is 0 Å². The van der Waals surface area contributed by atoms with Crippen LogP contribution in [-0.2, 0) is 0 Å². The Bertz CT molecular complexity index is 423. The first-order valence-electron chi connectivity index (χ1n) is 6.82. The van der Waals surface area contributed by atoms with Gasteiger partial charge in [0.15, 0.2) is 0 Å². The first-order valence-corrected chi connectivity index (χ1v) is 7.26. The highest BCUT2D eigenvalue weighted by atomic mass is 35.5. The molecule has 3 atom stereocenters. The van der Waals surface area contributed by atoms with E-state index in [1.165, 1.54) is 5.56 Å². The zero-order valence-electron chi connectivity index (χ0n) is 10.8. The number of hydrogen-bond donors (Lipinski definition) is 0. The fraction of sp³-hybridized carbons (Fsp3) is 0.600. The average molecular weight is 266 g/mol. The highest BCUT2D eigenvalue weighted by Crippen LogP contribution is 2.34. The summed E-state index contributed by atoms with van der Waals surface area (Å²) in [5.41, 5.74) is 1.37. The third-order valence-electron chi connectivity index (χ3n) is 4.16. The number of hydrogen-bond acceptors (Lipinski definition) is 2. The molecule has 0 spiro atoms. The maximum absolute atomic E-state index is 6.28. The predicted molar refractivity (Wildman–Crippen MR) is 74.5 cm³/mol. The highest BCUT2D eigenvalue weighted by molar-refractivity contribution is 6.20. The molecule has 0 radical (unpaired) electrons. The van der Waals surface area contributed by atoms with E-state index >= 15 is 0 Å². The standard InChI is InChI=1S/C15H20ClNO/c1-11-8-17(7-6-14(11)16)9-12-10-18-15-5-3-2-4-13(12)15/h2-5,11-12,14H,6-10H2,1H3. The third kappa shape index (κ3) is 2.36. The molecular weight excluding hydrogens is 246 g/mol. The Labute approximate surface area is 114 Å². The van der Waals surface area contributed by atoms with E-state index in [0.717, 1.165) is 38.4 Å². The third-order valence-corrected chi connectivity index (χ3v) is 4.81. The van der Waals surface area contributed by atoms with Gasteiger partial charge in [-0.2, -0.15) is 0 Å². The van der Waals surface area contributed by atoms with Crippen molar-refractivity contribution < 1.29 is 4.74 Å². The number of nitrogens with zero attached hydrogens (tertiary/aromatic N) is 1. The molecular formula is C15H20ClNO. The monoisotopic (exact) mass is 265 g/mol. The van der Waals surface area contributed by atoms with E-state index < -0.39 is 0 Å². The Morgan fingerprint density at radius 3 is 3.06 bits per heavy atom. The lowest BCUT2D eigenvalue weighted by Crippen LogP contribution is -2.42. The Hall–Kier alpha value is -0.730. The summed E-state index contributed by atoms with van der Waals surface area (Å²) in [7, 11) is 0. The minimum Gasteiger partial charge on any atom is -0.493 e. The van der Waals surface area contributed by atoms with E-state index in [2.05, 4.69) is 30.0 Å². The molecule has 1 saturated heterocycles. The van der Waals surface area contributed by atoms with Crippen LogP contribution >= 0.6 is 11.6 Å². The van der Waals surface area contributed by atoms with Crippen LogP contribution in [-0.4, -0.2) is 36.5 Å². The summed E-state index contributed by atoms with van der Waals surface area (Å²) in [4.78, 5) is 2.54. The van der Waals surface area contributed by atoms with Crippen molar-refractivity contribution >= 4 is 11.6 Å². The molecule has 3 heteroatoms. The van der Waals surface area contributed by atoms with Gasteiger partial charge >= 0.3 is 0 Å². The average Bonchev–Trinajstić information content (AvgIpc) is 2.78. The number of alkyl halides is 1. The van der Waals surface area contributed by atoms with Crippen LogP contribution in [0.2, 0.25) is 0 Å². The zero-order valence-corrected chi connectivity index (χ0v) is 11.6. The van der Waals surface area contributed by atoms with E-state index in [1.807, 2.05) is 6.07 Å². The van der Waals surface area contributed by atoms with Crippen LogP contribution in [0.3, 0.4) is 0 Å². The molecule has 0 aliphatic carbocycles. The van der Waals surface area contributed by atoms with E-state index in [1.54, 1.807) is 0 Å². The van der Waals surface area contributed by atoms with Crippen LogP contribution in [0.5, 0.6) is 5.75 Å². The summed E-state index contributed by atoms with van der Waals surface area (Å²) in [5.74, 6) is 2.20. The molecule has 0 saturated carbocycles. The molecule has 2 aliphatic heterocycles. The minimum absolute atomic E-state index is 0.355. The lowest BCUT2D eigenvalue weighted by molar-refractivity contribution is 0.169. The number of ether oxygens (including phenoxy) is 1. The van der Waals surface area contributed by atoms with Crippen LogP contribution < -0.4 is 4.74 Å². The summed E-state index contributed by atoms with van der Waals surface area (Å²) >= 11 is 6.28. The number of benzene rings is 1. The summed E-state index contributed by atoms with van der Waals surface area (Å²) < 4.78 is 5.75. The van der Waals surface area contributed by atoms with Gasteiger partial charge in [0.1, 0.15) is 5.75 Å². The van der Waals surface area contributed by atoms with Crippen molar-refractivity contribution in [2.45, 2.75) is 24.6 Å². The smallest absolute Gasteiger partial charge is 0.122 e. The topological polar surface area (TPSA) is 12.5 Å². The minimum atomic E-state index is 0.355. The summed E-state index contributed by atoms with van der Waals surface area (Å²) in [5, 5.41) is 0.355. The fourth-order valence-corrected chi connectivity index (χ4v) is 3.24. The van der Waals surface area contributed by atoms with Gasteiger partial charge < -0.3 is 9.64 Å². The van der Waals surface area contributed by atoms with Crippen molar-refractivity contribution in [2.24, 2.45) is 5.92 Å². The van der Waals surface area contributed by atoms with Gasteiger partial charge in [-0.05, 0) is 24.9 Å². The maximum atomic E-state index is 6.28. The second-order valence-electron chi connectivity index (χ2n) is 5.59. The van der Waals surface area contributed by atoms with Crippen molar-refractivity contribution in [3.8, 4) is 5.75 Å².